The highest BCUT2D eigenvalue weighted by Gasteiger charge is 2.21. The molecule has 2 amide bonds. The molecule has 1 aliphatic rings. The molecule has 0 spiro atoms. The lowest BCUT2D eigenvalue weighted by Gasteiger charge is -2.26. The predicted molar refractivity (Wildman–Crippen MR) is 108 cm³/mol. The Hall–Kier alpha value is -2.66. The fourth-order valence-corrected chi connectivity index (χ4v) is 3.41. The summed E-state index contributed by atoms with van der Waals surface area (Å²) >= 11 is 0. The largest absolute Gasteiger partial charge is 0.349 e. The molecule has 27 heavy (non-hydrogen) atoms. The Balaban J connectivity index is 1.73. The summed E-state index contributed by atoms with van der Waals surface area (Å²) in [7, 11) is 5.40. The first kappa shape index (κ1) is 19.1. The number of rotatable bonds is 6. The van der Waals surface area contributed by atoms with Crippen molar-refractivity contribution in [2.75, 3.05) is 26.0 Å². The van der Waals surface area contributed by atoms with Crippen LogP contribution in [0, 0.1) is 0 Å². The van der Waals surface area contributed by atoms with Gasteiger partial charge < -0.3 is 15.1 Å². The van der Waals surface area contributed by atoms with Gasteiger partial charge in [0.05, 0.1) is 0 Å². The lowest BCUT2D eigenvalue weighted by molar-refractivity contribution is -0.129. The number of aryl methyl sites for hydroxylation is 1. The third-order valence-electron chi connectivity index (χ3n) is 5.12. The van der Waals surface area contributed by atoms with E-state index in [-0.39, 0.29) is 17.9 Å². The van der Waals surface area contributed by atoms with Crippen molar-refractivity contribution < 1.29 is 9.59 Å². The van der Waals surface area contributed by atoms with Gasteiger partial charge in [0.25, 0.3) is 0 Å². The Morgan fingerprint density at radius 1 is 1.15 bits per heavy atom. The first-order valence-electron chi connectivity index (χ1n) is 9.32. The van der Waals surface area contributed by atoms with Crippen LogP contribution >= 0.6 is 0 Å². The van der Waals surface area contributed by atoms with Gasteiger partial charge in [-0.2, -0.15) is 0 Å². The van der Waals surface area contributed by atoms with Crippen LogP contribution < -0.4 is 10.2 Å². The van der Waals surface area contributed by atoms with Crippen LogP contribution in [0.3, 0.4) is 0 Å². The second kappa shape index (κ2) is 8.35. The molecule has 0 aliphatic carbocycles. The minimum atomic E-state index is -0.0404. The predicted octanol–water partition coefficient (Wildman–Crippen LogP) is 2.90. The molecule has 142 valence electrons. The van der Waals surface area contributed by atoms with Crippen molar-refractivity contribution >= 4 is 17.5 Å². The number of anilines is 1. The zero-order valence-corrected chi connectivity index (χ0v) is 16.2. The van der Waals surface area contributed by atoms with Crippen LogP contribution in [0.2, 0.25) is 0 Å². The fourth-order valence-electron chi connectivity index (χ4n) is 3.41. The number of nitrogens with zero attached hydrogens (tertiary/aromatic N) is 2. The third kappa shape index (κ3) is 4.55. The molecular formula is C22H27N3O2. The van der Waals surface area contributed by atoms with Gasteiger partial charge in [0.1, 0.15) is 0 Å². The van der Waals surface area contributed by atoms with E-state index in [1.54, 1.807) is 23.9 Å². The van der Waals surface area contributed by atoms with Crippen LogP contribution in [0.1, 0.15) is 35.6 Å². The Morgan fingerprint density at radius 2 is 1.89 bits per heavy atom. The highest BCUT2D eigenvalue weighted by molar-refractivity contribution is 5.95. The quantitative estimate of drug-likeness (QED) is 0.856. The molecular weight excluding hydrogens is 338 g/mol. The van der Waals surface area contributed by atoms with Crippen LogP contribution in [0.15, 0.2) is 48.5 Å². The van der Waals surface area contributed by atoms with Crippen molar-refractivity contribution in [2.24, 2.45) is 0 Å². The van der Waals surface area contributed by atoms with Gasteiger partial charge in [-0.05, 0) is 29.2 Å². The zero-order valence-electron chi connectivity index (χ0n) is 16.2. The SMILES string of the molecule is CN(C)C(=O)CC(NCc1ccc2c(c1)CCC(=O)N2C)c1ccccc1. The zero-order chi connectivity index (χ0) is 19.4. The van der Waals surface area contributed by atoms with Crippen LogP contribution in [-0.2, 0) is 22.6 Å². The molecule has 1 unspecified atom stereocenters. The van der Waals surface area contributed by atoms with E-state index in [1.165, 1.54) is 5.56 Å². The Labute approximate surface area is 161 Å². The van der Waals surface area contributed by atoms with E-state index in [1.807, 2.05) is 43.4 Å². The molecule has 1 N–H and O–H groups in total. The van der Waals surface area contributed by atoms with E-state index in [9.17, 15) is 9.59 Å². The van der Waals surface area contributed by atoms with Gasteiger partial charge in [-0.15, -0.1) is 0 Å². The number of benzene rings is 2. The van der Waals surface area contributed by atoms with Gasteiger partial charge in [0, 0.05) is 52.3 Å². The van der Waals surface area contributed by atoms with E-state index < -0.39 is 0 Å². The smallest absolute Gasteiger partial charge is 0.227 e. The van der Waals surface area contributed by atoms with E-state index in [0.717, 1.165) is 23.2 Å². The highest BCUT2D eigenvalue weighted by atomic mass is 16.2. The summed E-state index contributed by atoms with van der Waals surface area (Å²) in [5.41, 5.74) is 4.47. The second-order valence-electron chi connectivity index (χ2n) is 7.25. The van der Waals surface area contributed by atoms with Crippen LogP contribution in [-0.4, -0.2) is 37.9 Å². The average Bonchev–Trinajstić information content (AvgIpc) is 2.68. The van der Waals surface area contributed by atoms with Crippen molar-refractivity contribution in [3.63, 3.8) is 0 Å². The summed E-state index contributed by atoms with van der Waals surface area (Å²) in [6.45, 7) is 0.672. The molecule has 0 fully saturated rings. The Morgan fingerprint density at radius 3 is 2.59 bits per heavy atom. The van der Waals surface area contributed by atoms with E-state index in [2.05, 4.69) is 17.4 Å². The number of hydrogen-bond acceptors (Lipinski definition) is 3. The number of hydrogen-bond donors (Lipinski definition) is 1. The maximum atomic E-state index is 12.2. The van der Waals surface area contributed by atoms with Crippen LogP contribution in [0.5, 0.6) is 0 Å². The molecule has 0 saturated carbocycles. The molecule has 1 aliphatic heterocycles. The molecule has 5 heteroatoms. The molecule has 1 atom stereocenters. The van der Waals surface area contributed by atoms with Crippen LogP contribution in [0.25, 0.3) is 0 Å². The summed E-state index contributed by atoms with van der Waals surface area (Å²) in [5, 5.41) is 3.54. The topological polar surface area (TPSA) is 52.7 Å². The third-order valence-corrected chi connectivity index (χ3v) is 5.12. The highest BCUT2D eigenvalue weighted by Crippen LogP contribution is 2.28. The summed E-state index contributed by atoms with van der Waals surface area (Å²) in [4.78, 5) is 27.5. The molecule has 2 aromatic rings. The van der Waals surface area contributed by atoms with Gasteiger partial charge in [-0.25, -0.2) is 0 Å². The van der Waals surface area contributed by atoms with Gasteiger partial charge in [0.2, 0.25) is 11.8 Å². The van der Waals surface area contributed by atoms with Gasteiger partial charge in [-0.1, -0.05) is 42.5 Å². The number of amides is 2. The van der Waals surface area contributed by atoms with E-state index in [0.29, 0.717) is 19.4 Å². The van der Waals surface area contributed by atoms with Crippen LogP contribution in [0.4, 0.5) is 5.69 Å². The number of carbonyl (C=O) groups is 2. The monoisotopic (exact) mass is 365 g/mol. The maximum absolute atomic E-state index is 12.2. The summed E-state index contributed by atoms with van der Waals surface area (Å²) in [6, 6.07) is 16.3. The molecule has 1 heterocycles. The van der Waals surface area contributed by atoms with E-state index >= 15 is 0 Å². The minimum absolute atomic E-state index is 0.0404. The Bertz CT molecular complexity index is 818. The molecule has 0 radical (unpaired) electrons. The fraction of sp³-hybridized carbons (Fsp3) is 0.364. The lowest BCUT2D eigenvalue weighted by Crippen LogP contribution is -2.31. The molecule has 0 aromatic heterocycles. The first-order valence-corrected chi connectivity index (χ1v) is 9.32. The van der Waals surface area contributed by atoms with Crippen molar-refractivity contribution in [3.8, 4) is 0 Å². The van der Waals surface area contributed by atoms with Gasteiger partial charge >= 0.3 is 0 Å². The average molecular weight is 365 g/mol. The summed E-state index contributed by atoms with van der Waals surface area (Å²) in [6.07, 6.45) is 1.76. The maximum Gasteiger partial charge on any atom is 0.227 e. The lowest BCUT2D eigenvalue weighted by atomic mass is 9.98. The van der Waals surface area contributed by atoms with Crippen molar-refractivity contribution in [1.82, 2.24) is 10.2 Å². The molecule has 2 aromatic carbocycles. The Kier molecular flexibility index (Phi) is 5.91. The normalized spacial score (nSPS) is 14.6. The standard InChI is InChI=1S/C22H27N3O2/c1-24(2)22(27)14-19(17-7-5-4-6-8-17)23-15-16-9-11-20-18(13-16)10-12-21(26)25(20)3/h4-9,11,13,19,23H,10,12,14-15H2,1-3H3. The molecule has 3 rings (SSSR count). The summed E-state index contributed by atoms with van der Waals surface area (Å²) in [5.74, 6) is 0.265. The van der Waals surface area contributed by atoms with Gasteiger partial charge in [-0.3, -0.25) is 9.59 Å². The van der Waals surface area contributed by atoms with E-state index in [4.69, 9.17) is 0 Å². The van der Waals surface area contributed by atoms with Gasteiger partial charge in [0.15, 0.2) is 0 Å². The number of carbonyl (C=O) groups excluding carboxylic acids is 2. The minimum Gasteiger partial charge on any atom is -0.349 e. The molecule has 0 bridgehead atoms. The van der Waals surface area contributed by atoms with Crippen molar-refractivity contribution in [3.05, 3.63) is 65.2 Å². The number of fused-ring (bicyclic) bond motifs is 1. The number of nitrogens with one attached hydrogen (secondary N) is 1. The van der Waals surface area contributed by atoms with Crippen molar-refractivity contribution in [2.45, 2.75) is 31.8 Å². The molecule has 0 saturated heterocycles. The molecule has 5 nitrogen and oxygen atoms in total. The van der Waals surface area contributed by atoms with Crippen molar-refractivity contribution in [1.29, 1.82) is 0 Å². The summed E-state index contributed by atoms with van der Waals surface area (Å²) < 4.78 is 0. The second-order valence-corrected chi connectivity index (χ2v) is 7.25. The first-order chi connectivity index (χ1) is 13.0.